The quantitative estimate of drug-likeness (QED) is 0.0885. The first-order chi connectivity index (χ1) is 22.2. The molecule has 1 amide bonds. The molecule has 0 aromatic heterocycles. The van der Waals surface area contributed by atoms with E-state index in [0.717, 1.165) is 6.21 Å². The van der Waals surface area contributed by atoms with Crippen molar-refractivity contribution in [3.8, 4) is 5.75 Å². The average molecular weight is 664 g/mol. The Morgan fingerprint density at radius 2 is 1.60 bits per heavy atom. The maximum Gasteiger partial charge on any atom is 0.408 e. The second kappa shape index (κ2) is 19.0. The summed E-state index contributed by atoms with van der Waals surface area (Å²) in [7, 11) is 0. The van der Waals surface area contributed by atoms with Gasteiger partial charge in [-0.1, -0.05) is 19.1 Å². The summed E-state index contributed by atoms with van der Waals surface area (Å²) in [5.74, 6) is -3.15. The summed E-state index contributed by atoms with van der Waals surface area (Å²) in [6, 6.07) is 5.15. The third-order valence-electron chi connectivity index (χ3n) is 6.62. The average Bonchev–Trinajstić information content (AvgIpc) is 2.99. The van der Waals surface area contributed by atoms with E-state index in [0.29, 0.717) is 5.56 Å². The number of nitrogens with zero attached hydrogens (tertiary/aromatic N) is 2. The Morgan fingerprint density at radius 1 is 0.957 bits per heavy atom. The number of ketones is 1. The summed E-state index contributed by atoms with van der Waals surface area (Å²) in [5, 5.41) is 2.41. The summed E-state index contributed by atoms with van der Waals surface area (Å²) in [5.41, 5.74) is 9.02. The van der Waals surface area contributed by atoms with Crippen LogP contribution in [0, 0.1) is 5.92 Å². The van der Waals surface area contributed by atoms with Gasteiger partial charge in [-0.3, -0.25) is 19.2 Å². The minimum absolute atomic E-state index is 0.0512. The zero-order valence-corrected chi connectivity index (χ0v) is 27.2. The van der Waals surface area contributed by atoms with Crippen LogP contribution in [-0.4, -0.2) is 90.1 Å². The molecule has 258 valence electrons. The van der Waals surface area contributed by atoms with E-state index in [1.807, 2.05) is 0 Å². The molecule has 2 rings (SSSR count). The third kappa shape index (κ3) is 13.6. The first-order valence-electron chi connectivity index (χ1n) is 14.9. The van der Waals surface area contributed by atoms with Gasteiger partial charge >= 0.3 is 30.0 Å². The second-order valence-corrected chi connectivity index (χ2v) is 11.0. The fourth-order valence-corrected chi connectivity index (χ4v) is 4.50. The molecule has 16 heteroatoms. The molecule has 1 aliphatic rings. The monoisotopic (exact) mass is 663 g/mol. The molecule has 1 fully saturated rings. The van der Waals surface area contributed by atoms with Crippen molar-refractivity contribution in [3.63, 3.8) is 0 Å². The summed E-state index contributed by atoms with van der Waals surface area (Å²) >= 11 is 0. The molecule has 0 unspecified atom stereocenters. The maximum atomic E-state index is 12.5. The van der Waals surface area contributed by atoms with E-state index in [9.17, 15) is 28.8 Å². The Hall–Kier alpha value is -4.82. The lowest BCUT2D eigenvalue weighted by Crippen LogP contribution is -2.58. The summed E-state index contributed by atoms with van der Waals surface area (Å²) in [4.78, 5) is 74.8. The number of Topliss-reactive ketones (excluding diaryl/α,β-unsaturated/α-hetero) is 1. The van der Waals surface area contributed by atoms with Crippen molar-refractivity contribution in [1.29, 1.82) is 0 Å². The molecule has 1 saturated heterocycles. The minimum atomic E-state index is -1.17. The molecule has 1 N–H and O–H groups in total. The van der Waals surface area contributed by atoms with Crippen molar-refractivity contribution in [1.82, 2.24) is 5.32 Å². The molecule has 1 heterocycles. The normalized spacial score (nSPS) is 20.9. The number of esters is 4. The minimum Gasteiger partial charge on any atom is -0.463 e. The molecular weight excluding hydrogens is 622 g/mol. The molecule has 16 nitrogen and oxygen atoms in total. The second-order valence-electron chi connectivity index (χ2n) is 11.0. The first-order valence-corrected chi connectivity index (χ1v) is 14.9. The van der Waals surface area contributed by atoms with Crippen LogP contribution in [0.4, 0.5) is 4.79 Å². The Balaban J connectivity index is 2.08. The number of hydrogen-bond acceptors (Lipinski definition) is 13. The highest BCUT2D eigenvalue weighted by Gasteiger charge is 2.49. The van der Waals surface area contributed by atoms with Crippen molar-refractivity contribution in [2.45, 2.75) is 104 Å². The van der Waals surface area contributed by atoms with E-state index in [4.69, 9.17) is 38.7 Å². The number of rotatable bonds is 16. The largest absolute Gasteiger partial charge is 0.463 e. The number of alkyl carbamates (subject to hydrolysis) is 1. The molecule has 47 heavy (non-hydrogen) atoms. The van der Waals surface area contributed by atoms with Gasteiger partial charge in [-0.15, -0.1) is 0 Å². The van der Waals surface area contributed by atoms with E-state index in [1.54, 1.807) is 45.0 Å². The lowest BCUT2D eigenvalue weighted by molar-refractivity contribution is -0.271. The molecule has 0 aliphatic carbocycles. The molecule has 0 radical (unpaired) electrons. The fraction of sp³-hybridized carbons (Fsp3) is 0.581. The number of carbonyl (C=O) groups is 6. The lowest BCUT2D eigenvalue weighted by Gasteiger charge is -2.43. The van der Waals surface area contributed by atoms with Gasteiger partial charge < -0.3 is 44.0 Å². The van der Waals surface area contributed by atoms with Crippen molar-refractivity contribution < 1.29 is 66.7 Å². The lowest BCUT2D eigenvalue weighted by atomic mass is 9.90. The molecule has 0 spiro atoms. The SMILES string of the molecule is CC(=O)OC[C@H]1O[C@H](Oc2ccc(COC(=O)N[C@@H](CCC(=O)CC=[N+]=[N-])C(=O)OC(C)C)cc2)[C@H](OC(C)=O)[C@@H](C)[C@H]1OC(C)=O. The number of benzene rings is 1. The van der Waals surface area contributed by atoms with Gasteiger partial charge in [-0.05, 0) is 38.0 Å². The van der Waals surface area contributed by atoms with Gasteiger partial charge in [0.2, 0.25) is 6.29 Å². The van der Waals surface area contributed by atoms with Gasteiger partial charge in [-0.25, -0.2) is 9.59 Å². The van der Waals surface area contributed by atoms with Gasteiger partial charge in [0.1, 0.15) is 49.4 Å². The van der Waals surface area contributed by atoms with Crippen LogP contribution in [0.3, 0.4) is 0 Å². The van der Waals surface area contributed by atoms with E-state index < -0.39 is 72.6 Å². The number of carbonyl (C=O) groups excluding carboxylic acids is 6. The standard InChI is InChI=1S/C31H41N3O13/c1-17(2)43-29(39)25(12-9-23(38)13-14-33-32)34-31(40)42-15-22-7-10-24(11-8-22)46-30-28(45-21(6)37)18(3)27(44-20(5)36)26(47-30)16-41-19(4)35/h7-8,10-11,14,17-18,25-28,30H,9,12-13,15-16H2,1-6H3,(H,34,40)/t18-,25-,26+,27+,28+,30-/m0/s1. The van der Waals surface area contributed by atoms with Crippen LogP contribution >= 0.6 is 0 Å². The van der Waals surface area contributed by atoms with Crippen LogP contribution in [0.25, 0.3) is 5.53 Å². The molecule has 6 atom stereocenters. The van der Waals surface area contributed by atoms with Gasteiger partial charge in [0, 0.05) is 33.1 Å². The van der Waals surface area contributed by atoms with Crippen molar-refractivity contribution in [3.05, 3.63) is 35.4 Å². The zero-order valence-electron chi connectivity index (χ0n) is 27.2. The number of amides is 1. The zero-order chi connectivity index (χ0) is 35.1. The summed E-state index contributed by atoms with van der Waals surface area (Å²) in [6.45, 7) is 8.18. The summed E-state index contributed by atoms with van der Waals surface area (Å²) < 4.78 is 38.3. The van der Waals surface area contributed by atoms with Gasteiger partial charge in [0.25, 0.3) is 6.21 Å². The van der Waals surface area contributed by atoms with Crippen LogP contribution in [0.5, 0.6) is 5.75 Å². The van der Waals surface area contributed by atoms with Crippen LogP contribution in [0.15, 0.2) is 24.3 Å². The smallest absolute Gasteiger partial charge is 0.408 e. The van der Waals surface area contributed by atoms with E-state index in [1.165, 1.54) is 20.8 Å². The van der Waals surface area contributed by atoms with Crippen LogP contribution in [0.2, 0.25) is 0 Å². The van der Waals surface area contributed by atoms with Gasteiger partial charge in [-0.2, -0.15) is 4.79 Å². The third-order valence-corrected chi connectivity index (χ3v) is 6.62. The molecule has 1 aliphatic heterocycles. The Morgan fingerprint density at radius 3 is 2.17 bits per heavy atom. The predicted octanol–water partition coefficient (Wildman–Crippen LogP) is 2.44. The van der Waals surface area contributed by atoms with Crippen LogP contribution in [0.1, 0.15) is 66.4 Å². The molecule has 0 bridgehead atoms. The number of hydrogen-bond donors (Lipinski definition) is 1. The van der Waals surface area contributed by atoms with Crippen molar-refractivity contribution >= 4 is 42.0 Å². The summed E-state index contributed by atoms with van der Waals surface area (Å²) in [6.07, 6.45) is -4.61. The molecule has 1 aromatic carbocycles. The highest BCUT2D eigenvalue weighted by atomic mass is 16.7. The Kier molecular flexibility index (Phi) is 15.5. The van der Waals surface area contributed by atoms with Gasteiger partial charge in [0.15, 0.2) is 6.10 Å². The van der Waals surface area contributed by atoms with Crippen molar-refractivity contribution in [2.75, 3.05) is 6.61 Å². The molecular formula is C31H41N3O13. The van der Waals surface area contributed by atoms with E-state index >= 15 is 0 Å². The predicted molar refractivity (Wildman–Crippen MR) is 160 cm³/mol. The molecule has 1 aromatic rings. The highest BCUT2D eigenvalue weighted by molar-refractivity contribution is 5.90. The number of nitrogens with one attached hydrogen (secondary N) is 1. The number of ether oxygens (including phenoxy) is 7. The van der Waals surface area contributed by atoms with Crippen molar-refractivity contribution in [2.24, 2.45) is 5.92 Å². The van der Waals surface area contributed by atoms with Crippen LogP contribution < -0.4 is 10.1 Å². The van der Waals surface area contributed by atoms with Gasteiger partial charge in [0.05, 0.1) is 6.10 Å². The topological polar surface area (TPSA) is 215 Å². The first kappa shape index (κ1) is 38.4. The Bertz CT molecular complexity index is 1310. The highest BCUT2D eigenvalue weighted by Crippen LogP contribution is 2.32. The fourth-order valence-electron chi connectivity index (χ4n) is 4.50. The van der Waals surface area contributed by atoms with E-state index in [2.05, 4.69) is 10.1 Å². The van der Waals surface area contributed by atoms with E-state index in [-0.39, 0.29) is 44.0 Å². The Labute approximate surface area is 271 Å². The van der Waals surface area contributed by atoms with Crippen LogP contribution in [-0.2, 0) is 59.0 Å². The maximum absolute atomic E-state index is 12.5. The molecule has 0 saturated carbocycles.